The predicted molar refractivity (Wildman–Crippen MR) is 90.4 cm³/mol. The summed E-state index contributed by atoms with van der Waals surface area (Å²) in [4.78, 5) is 5.78. The number of fused-ring (bicyclic) bond motifs is 1. The van der Waals surface area contributed by atoms with Crippen molar-refractivity contribution in [1.82, 2.24) is 4.98 Å². The first-order valence-corrected chi connectivity index (χ1v) is 7.96. The third-order valence-electron chi connectivity index (χ3n) is 3.12. The highest BCUT2D eigenvalue weighted by Crippen LogP contribution is 2.26. The Bertz CT molecular complexity index is 739. The van der Waals surface area contributed by atoms with Gasteiger partial charge in [0.15, 0.2) is 0 Å². The Morgan fingerprint density at radius 3 is 2.90 bits per heavy atom. The summed E-state index contributed by atoms with van der Waals surface area (Å²) in [6, 6.07) is 12.1. The zero-order valence-corrected chi connectivity index (χ0v) is 13.2. The van der Waals surface area contributed by atoms with E-state index in [4.69, 9.17) is 5.73 Å². The Balaban J connectivity index is 1.76. The minimum atomic E-state index is 0.765. The molecular weight excluding hydrogens is 334 g/mol. The number of pyridine rings is 1. The number of nitrogens with two attached hydrogens (primary N) is 1. The van der Waals surface area contributed by atoms with Gasteiger partial charge in [0.1, 0.15) is 0 Å². The number of nitrogens with zero attached hydrogens (tertiary/aromatic N) is 1. The maximum atomic E-state index is 5.98. The van der Waals surface area contributed by atoms with Gasteiger partial charge in [0.25, 0.3) is 0 Å². The highest BCUT2D eigenvalue weighted by molar-refractivity contribution is 9.11. The number of hydrogen-bond acceptors (Lipinski definition) is 4. The van der Waals surface area contributed by atoms with Gasteiger partial charge in [-0.15, -0.1) is 11.3 Å². The van der Waals surface area contributed by atoms with E-state index in [0.29, 0.717) is 0 Å². The Morgan fingerprint density at radius 2 is 2.10 bits per heavy atom. The summed E-state index contributed by atoms with van der Waals surface area (Å²) in [7, 11) is 0. The minimum absolute atomic E-state index is 0.765. The van der Waals surface area contributed by atoms with Crippen LogP contribution in [0.3, 0.4) is 0 Å². The second-order valence-corrected chi connectivity index (χ2v) is 7.03. The largest absolute Gasteiger partial charge is 0.398 e. The fraction of sp³-hybridized carbons (Fsp3) is 0.133. The van der Waals surface area contributed by atoms with E-state index >= 15 is 0 Å². The molecule has 2 aromatic heterocycles. The third kappa shape index (κ3) is 2.78. The molecule has 0 amide bonds. The van der Waals surface area contributed by atoms with Crippen LogP contribution in [0, 0.1) is 0 Å². The molecule has 102 valence electrons. The van der Waals surface area contributed by atoms with Gasteiger partial charge in [0.05, 0.1) is 15.0 Å². The molecule has 3 aromatic rings. The van der Waals surface area contributed by atoms with Crippen molar-refractivity contribution in [2.24, 2.45) is 0 Å². The average Bonchev–Trinajstić information content (AvgIpc) is 2.87. The summed E-state index contributed by atoms with van der Waals surface area (Å²) < 4.78 is 1.17. The number of nitrogens with one attached hydrogen (secondary N) is 1. The molecule has 0 aliphatic heterocycles. The summed E-state index contributed by atoms with van der Waals surface area (Å²) in [5.41, 5.74) is 8.70. The number of benzene rings is 1. The SMILES string of the molecule is Nc1ccc(NCCc2ccc(Br)s2)c2ncccc12. The van der Waals surface area contributed by atoms with Crippen LogP contribution in [0.2, 0.25) is 0 Å². The molecule has 1 aromatic carbocycles. The van der Waals surface area contributed by atoms with Crippen LogP contribution in [0.25, 0.3) is 10.9 Å². The lowest BCUT2D eigenvalue weighted by Gasteiger charge is -2.10. The summed E-state index contributed by atoms with van der Waals surface area (Å²) in [6.45, 7) is 0.878. The van der Waals surface area contributed by atoms with E-state index in [2.05, 4.69) is 38.4 Å². The lowest BCUT2D eigenvalue weighted by Crippen LogP contribution is -2.05. The van der Waals surface area contributed by atoms with Crippen LogP contribution in [0.15, 0.2) is 46.4 Å². The fourth-order valence-corrected chi connectivity index (χ4v) is 3.63. The first kappa shape index (κ1) is 13.4. The number of halogens is 1. The van der Waals surface area contributed by atoms with Gasteiger partial charge in [-0.05, 0) is 58.7 Å². The van der Waals surface area contributed by atoms with E-state index < -0.39 is 0 Å². The number of hydrogen-bond donors (Lipinski definition) is 2. The van der Waals surface area contributed by atoms with Crippen molar-refractivity contribution in [1.29, 1.82) is 0 Å². The van der Waals surface area contributed by atoms with Gasteiger partial charge < -0.3 is 11.1 Å². The van der Waals surface area contributed by atoms with Gasteiger partial charge in [0.2, 0.25) is 0 Å². The van der Waals surface area contributed by atoms with Crippen LogP contribution in [0.5, 0.6) is 0 Å². The third-order valence-corrected chi connectivity index (χ3v) is 4.80. The first-order valence-electron chi connectivity index (χ1n) is 6.35. The van der Waals surface area contributed by atoms with Gasteiger partial charge in [-0.3, -0.25) is 4.98 Å². The van der Waals surface area contributed by atoms with Crippen molar-refractivity contribution >= 4 is 49.5 Å². The summed E-state index contributed by atoms with van der Waals surface area (Å²) in [5, 5.41) is 4.44. The van der Waals surface area contributed by atoms with E-state index in [9.17, 15) is 0 Å². The molecule has 5 heteroatoms. The van der Waals surface area contributed by atoms with E-state index in [1.165, 1.54) is 8.66 Å². The molecule has 0 aliphatic rings. The number of rotatable bonds is 4. The second-order valence-electron chi connectivity index (χ2n) is 4.48. The molecule has 0 fully saturated rings. The lowest BCUT2D eigenvalue weighted by molar-refractivity contribution is 1.05. The number of nitrogen functional groups attached to an aromatic ring is 1. The van der Waals surface area contributed by atoms with Crippen molar-refractivity contribution in [3.05, 3.63) is 51.3 Å². The van der Waals surface area contributed by atoms with Gasteiger partial charge in [0, 0.05) is 28.7 Å². The van der Waals surface area contributed by atoms with Gasteiger partial charge in [-0.2, -0.15) is 0 Å². The summed E-state index contributed by atoms with van der Waals surface area (Å²) >= 11 is 5.25. The molecule has 2 heterocycles. The summed E-state index contributed by atoms with van der Waals surface area (Å²) in [5.74, 6) is 0. The Hall–Kier alpha value is -1.59. The number of anilines is 2. The van der Waals surface area contributed by atoms with Crippen molar-refractivity contribution in [2.45, 2.75) is 6.42 Å². The minimum Gasteiger partial charge on any atom is -0.398 e. The standard InChI is InChI=1S/C15H14BrN3S/c16-14-6-3-10(20-14)7-9-18-13-5-4-12(17)11-2-1-8-19-15(11)13/h1-6,8,18H,7,9,17H2. The maximum Gasteiger partial charge on any atom is 0.0953 e. The van der Waals surface area contributed by atoms with Crippen molar-refractivity contribution in [3.63, 3.8) is 0 Å². The van der Waals surface area contributed by atoms with Crippen molar-refractivity contribution < 1.29 is 0 Å². The van der Waals surface area contributed by atoms with E-state index in [0.717, 1.165) is 35.2 Å². The molecule has 0 bridgehead atoms. The average molecular weight is 348 g/mol. The Kier molecular flexibility index (Phi) is 3.89. The van der Waals surface area contributed by atoms with Crippen LogP contribution in [-0.2, 0) is 6.42 Å². The Morgan fingerprint density at radius 1 is 1.20 bits per heavy atom. The van der Waals surface area contributed by atoms with Crippen molar-refractivity contribution in [3.8, 4) is 0 Å². The van der Waals surface area contributed by atoms with E-state index in [-0.39, 0.29) is 0 Å². The molecule has 3 N–H and O–H groups in total. The molecule has 3 nitrogen and oxygen atoms in total. The molecule has 0 radical (unpaired) electrons. The molecule has 3 rings (SSSR count). The first-order chi connectivity index (χ1) is 9.74. The van der Waals surface area contributed by atoms with Gasteiger partial charge in [-0.25, -0.2) is 0 Å². The Labute approximate surface area is 130 Å². The molecule has 0 spiro atoms. The number of thiophene rings is 1. The van der Waals surface area contributed by atoms with Crippen LogP contribution in [-0.4, -0.2) is 11.5 Å². The van der Waals surface area contributed by atoms with Crippen molar-refractivity contribution in [2.75, 3.05) is 17.6 Å². The molecule has 0 saturated carbocycles. The summed E-state index contributed by atoms with van der Waals surface area (Å²) in [6.07, 6.45) is 2.79. The predicted octanol–water partition coefficient (Wildman–Crippen LogP) is 4.30. The normalized spacial score (nSPS) is 10.8. The molecule has 0 atom stereocenters. The highest BCUT2D eigenvalue weighted by atomic mass is 79.9. The van der Waals surface area contributed by atoms with Crippen LogP contribution >= 0.6 is 27.3 Å². The topological polar surface area (TPSA) is 50.9 Å². The maximum absolute atomic E-state index is 5.98. The monoisotopic (exact) mass is 347 g/mol. The zero-order chi connectivity index (χ0) is 13.9. The van der Waals surface area contributed by atoms with Crippen LogP contribution < -0.4 is 11.1 Å². The molecule has 0 aliphatic carbocycles. The zero-order valence-electron chi connectivity index (χ0n) is 10.8. The lowest BCUT2D eigenvalue weighted by atomic mass is 10.1. The number of aromatic nitrogens is 1. The highest BCUT2D eigenvalue weighted by Gasteiger charge is 2.05. The molecule has 20 heavy (non-hydrogen) atoms. The van der Waals surface area contributed by atoms with E-state index in [1.807, 2.05) is 24.3 Å². The molecule has 0 unspecified atom stereocenters. The van der Waals surface area contributed by atoms with Gasteiger partial charge in [-0.1, -0.05) is 0 Å². The quantitative estimate of drug-likeness (QED) is 0.692. The van der Waals surface area contributed by atoms with E-state index in [1.54, 1.807) is 17.5 Å². The molecule has 0 saturated heterocycles. The second kappa shape index (κ2) is 5.81. The van der Waals surface area contributed by atoms with Crippen LogP contribution in [0.4, 0.5) is 11.4 Å². The molecular formula is C15H14BrN3S. The fourth-order valence-electron chi connectivity index (χ4n) is 2.14. The smallest absolute Gasteiger partial charge is 0.0953 e. The van der Waals surface area contributed by atoms with Gasteiger partial charge >= 0.3 is 0 Å². The van der Waals surface area contributed by atoms with Crippen LogP contribution in [0.1, 0.15) is 4.88 Å².